The molecule has 80 valence electrons. The van der Waals surface area contributed by atoms with Gasteiger partial charge in [-0.3, -0.25) is 4.99 Å². The van der Waals surface area contributed by atoms with E-state index in [0.717, 1.165) is 22.7 Å². The number of rotatable bonds is 5. The Hall–Kier alpha value is -0.540. The molecule has 0 atom stereocenters. The summed E-state index contributed by atoms with van der Waals surface area (Å²) in [5, 5.41) is 0. The molecule has 0 fully saturated rings. The molecule has 14 heavy (non-hydrogen) atoms. The summed E-state index contributed by atoms with van der Waals surface area (Å²) < 4.78 is 0. The van der Waals surface area contributed by atoms with Gasteiger partial charge in [-0.15, -0.1) is 12.6 Å². The van der Waals surface area contributed by atoms with E-state index in [1.54, 1.807) is 6.08 Å². The maximum absolute atomic E-state index is 5.59. The van der Waals surface area contributed by atoms with Gasteiger partial charge in [0.15, 0.2) is 0 Å². The van der Waals surface area contributed by atoms with E-state index in [4.69, 9.17) is 5.73 Å². The number of nitrogens with two attached hydrogens (primary N) is 1. The quantitative estimate of drug-likeness (QED) is 0.410. The van der Waals surface area contributed by atoms with Crippen molar-refractivity contribution in [2.24, 2.45) is 16.6 Å². The first-order valence-corrected chi connectivity index (χ1v) is 5.33. The largest absolute Gasteiger partial charge is 0.325 e. The van der Waals surface area contributed by atoms with Crippen LogP contribution in [0.15, 0.2) is 28.2 Å². The molecule has 0 aromatic rings. The van der Waals surface area contributed by atoms with Gasteiger partial charge in [-0.1, -0.05) is 33.4 Å². The zero-order chi connectivity index (χ0) is 11.1. The summed E-state index contributed by atoms with van der Waals surface area (Å²) in [5.41, 5.74) is 7.56. The Balaban J connectivity index is 4.98. The highest BCUT2D eigenvalue weighted by atomic mass is 32.1. The lowest BCUT2D eigenvalue weighted by molar-refractivity contribution is 0.851. The van der Waals surface area contributed by atoms with Crippen molar-refractivity contribution in [3.63, 3.8) is 0 Å². The van der Waals surface area contributed by atoms with Gasteiger partial charge in [0.05, 0.1) is 5.70 Å². The van der Waals surface area contributed by atoms with Crippen LogP contribution in [-0.2, 0) is 0 Å². The van der Waals surface area contributed by atoms with E-state index in [1.165, 1.54) is 0 Å². The third-order valence-electron chi connectivity index (χ3n) is 1.99. The van der Waals surface area contributed by atoms with E-state index >= 15 is 0 Å². The third kappa shape index (κ3) is 4.11. The molecule has 0 spiro atoms. The van der Waals surface area contributed by atoms with Crippen LogP contribution in [0.1, 0.15) is 27.2 Å². The minimum atomic E-state index is 0.404. The lowest BCUT2D eigenvalue weighted by Crippen LogP contribution is -2.10. The second-order valence-corrected chi connectivity index (χ2v) is 3.83. The predicted molar refractivity (Wildman–Crippen MR) is 67.8 cm³/mol. The first-order chi connectivity index (χ1) is 6.56. The van der Waals surface area contributed by atoms with Crippen LogP contribution in [0.4, 0.5) is 0 Å². The fourth-order valence-electron chi connectivity index (χ4n) is 1.12. The molecule has 0 rings (SSSR count). The molecule has 0 amide bonds. The van der Waals surface area contributed by atoms with Crippen molar-refractivity contribution in [3.05, 3.63) is 23.3 Å². The number of thiol groups is 1. The molecule has 2 N–H and O–H groups in total. The van der Waals surface area contributed by atoms with Crippen molar-refractivity contribution < 1.29 is 0 Å². The Bertz CT molecular complexity index is 252. The normalized spacial score (nSPS) is 14.3. The van der Waals surface area contributed by atoms with E-state index in [1.807, 2.05) is 0 Å². The molecule has 0 heterocycles. The van der Waals surface area contributed by atoms with Crippen LogP contribution < -0.4 is 5.73 Å². The highest BCUT2D eigenvalue weighted by Crippen LogP contribution is 2.13. The topological polar surface area (TPSA) is 38.4 Å². The molecule has 2 nitrogen and oxygen atoms in total. The molecule has 0 radical (unpaired) electrons. The molecular formula is C11H20N2S. The van der Waals surface area contributed by atoms with Gasteiger partial charge in [-0.2, -0.15) is 0 Å². The molecule has 0 aromatic carbocycles. The van der Waals surface area contributed by atoms with E-state index in [2.05, 4.69) is 45.0 Å². The number of aliphatic imine (C=N–C) groups is 1. The molecule has 0 bridgehead atoms. The van der Waals surface area contributed by atoms with Crippen LogP contribution in [0.2, 0.25) is 0 Å². The average molecular weight is 212 g/mol. The van der Waals surface area contributed by atoms with Crippen molar-refractivity contribution in [2.45, 2.75) is 27.2 Å². The van der Waals surface area contributed by atoms with Gasteiger partial charge in [0, 0.05) is 17.2 Å². The summed E-state index contributed by atoms with van der Waals surface area (Å²) in [6, 6.07) is 0. The second-order valence-electron chi connectivity index (χ2n) is 3.35. The summed E-state index contributed by atoms with van der Waals surface area (Å²) in [4.78, 5) is 5.27. The summed E-state index contributed by atoms with van der Waals surface area (Å²) >= 11 is 4.26. The van der Waals surface area contributed by atoms with Crippen LogP contribution in [0, 0.1) is 5.92 Å². The van der Waals surface area contributed by atoms with E-state index < -0.39 is 0 Å². The Morgan fingerprint density at radius 3 is 2.43 bits per heavy atom. The lowest BCUT2D eigenvalue weighted by Gasteiger charge is -2.09. The molecule has 0 aliphatic rings. The Morgan fingerprint density at radius 1 is 1.57 bits per heavy atom. The van der Waals surface area contributed by atoms with Crippen LogP contribution in [0.25, 0.3) is 0 Å². The molecule has 0 saturated carbocycles. The zero-order valence-corrected chi connectivity index (χ0v) is 10.1. The van der Waals surface area contributed by atoms with Crippen LogP contribution >= 0.6 is 12.6 Å². The fraction of sp³-hybridized carbons (Fsp3) is 0.545. The molecular weight excluding hydrogens is 192 g/mol. The first-order valence-electron chi connectivity index (χ1n) is 4.88. The van der Waals surface area contributed by atoms with Gasteiger partial charge in [0.1, 0.15) is 0 Å². The SMILES string of the molecule is C=C/C(S)=C(CN)\N=C(/CC)C(C)C. The van der Waals surface area contributed by atoms with Crippen molar-refractivity contribution in [1.29, 1.82) is 0 Å². The van der Waals surface area contributed by atoms with Crippen molar-refractivity contribution in [2.75, 3.05) is 6.54 Å². The van der Waals surface area contributed by atoms with Gasteiger partial charge in [0.25, 0.3) is 0 Å². The molecule has 0 aromatic heterocycles. The van der Waals surface area contributed by atoms with Crippen LogP contribution in [0.3, 0.4) is 0 Å². The minimum absolute atomic E-state index is 0.404. The zero-order valence-electron chi connectivity index (χ0n) is 9.25. The highest BCUT2D eigenvalue weighted by Gasteiger charge is 2.04. The van der Waals surface area contributed by atoms with Gasteiger partial charge in [-0.25, -0.2) is 0 Å². The second kappa shape index (κ2) is 6.85. The van der Waals surface area contributed by atoms with Crippen molar-refractivity contribution in [1.82, 2.24) is 0 Å². The van der Waals surface area contributed by atoms with Crippen LogP contribution in [-0.4, -0.2) is 12.3 Å². The van der Waals surface area contributed by atoms with Crippen LogP contribution in [0.5, 0.6) is 0 Å². The lowest BCUT2D eigenvalue weighted by atomic mass is 10.1. The van der Waals surface area contributed by atoms with Crippen molar-refractivity contribution >= 4 is 18.3 Å². The number of hydrogen-bond acceptors (Lipinski definition) is 3. The molecule has 3 heteroatoms. The highest BCUT2D eigenvalue weighted by molar-refractivity contribution is 7.84. The summed E-state index contributed by atoms with van der Waals surface area (Å²) in [7, 11) is 0. The molecule has 0 unspecified atom stereocenters. The smallest absolute Gasteiger partial charge is 0.0671 e. The van der Waals surface area contributed by atoms with E-state index in [-0.39, 0.29) is 0 Å². The summed E-state index contributed by atoms with van der Waals surface area (Å²) in [6.45, 7) is 10.4. The van der Waals surface area contributed by atoms with Crippen molar-refractivity contribution in [3.8, 4) is 0 Å². The molecule has 0 aliphatic carbocycles. The Labute approximate surface area is 92.4 Å². The maximum Gasteiger partial charge on any atom is 0.0671 e. The monoisotopic (exact) mass is 212 g/mol. The minimum Gasteiger partial charge on any atom is -0.325 e. The Kier molecular flexibility index (Phi) is 6.58. The predicted octanol–water partition coefficient (Wildman–Crippen LogP) is 2.78. The fourth-order valence-corrected chi connectivity index (χ4v) is 1.26. The number of nitrogens with zero attached hydrogens (tertiary/aromatic N) is 1. The molecule has 0 saturated heterocycles. The van der Waals surface area contributed by atoms with E-state index in [0.29, 0.717) is 12.5 Å². The first kappa shape index (κ1) is 13.5. The van der Waals surface area contributed by atoms with E-state index in [9.17, 15) is 0 Å². The Morgan fingerprint density at radius 2 is 2.14 bits per heavy atom. The summed E-state index contributed by atoms with van der Waals surface area (Å²) in [5.74, 6) is 0.451. The third-order valence-corrected chi connectivity index (χ3v) is 2.43. The van der Waals surface area contributed by atoms with Gasteiger partial charge in [-0.05, 0) is 12.3 Å². The maximum atomic E-state index is 5.59. The standard InChI is InChI=1S/C11H20N2S/c1-5-9(8(3)4)13-10(7-12)11(14)6-2/h6,8,14H,2,5,7,12H2,1,3-4H3/b11-10+,13-9+. The van der Waals surface area contributed by atoms with Gasteiger partial charge in [0.2, 0.25) is 0 Å². The average Bonchev–Trinajstić information content (AvgIpc) is 2.18. The number of hydrogen-bond donors (Lipinski definition) is 2. The number of allylic oxidation sites excluding steroid dienone is 1. The van der Waals surface area contributed by atoms with Gasteiger partial charge < -0.3 is 5.73 Å². The summed E-state index contributed by atoms with van der Waals surface area (Å²) in [6.07, 6.45) is 2.61. The van der Waals surface area contributed by atoms with Gasteiger partial charge >= 0.3 is 0 Å². The molecule has 0 aliphatic heterocycles.